The standard InChI is InChI=1S/C21H28N2O3/c24-20(18-10-4-5-11-19(18)21(25)26)23-15-13-22(14-16-23)12-6-9-17-7-2-1-3-8-17/h1-3,6-9,18-19H,4-5,10-16H2,(H,25,26)/b9-6+/t18-,19+/m1/s1. The molecule has 0 aromatic heterocycles. The monoisotopic (exact) mass is 356 g/mol. The molecule has 1 N–H and O–H groups in total. The third kappa shape index (κ3) is 4.73. The molecule has 1 aromatic carbocycles. The fourth-order valence-corrected chi connectivity index (χ4v) is 4.01. The number of amides is 1. The lowest BCUT2D eigenvalue weighted by Crippen LogP contribution is -2.52. The number of piperazine rings is 1. The second kappa shape index (κ2) is 8.99. The van der Waals surface area contributed by atoms with Crippen molar-refractivity contribution in [3.05, 3.63) is 42.0 Å². The third-order valence-corrected chi connectivity index (χ3v) is 5.56. The maximum absolute atomic E-state index is 12.8. The van der Waals surface area contributed by atoms with E-state index in [1.165, 1.54) is 5.56 Å². The lowest BCUT2D eigenvalue weighted by atomic mass is 9.78. The first-order chi connectivity index (χ1) is 12.6. The fraction of sp³-hybridized carbons (Fsp3) is 0.524. The minimum absolute atomic E-state index is 0.0524. The van der Waals surface area contributed by atoms with Crippen molar-refractivity contribution in [3.8, 4) is 0 Å². The Morgan fingerprint density at radius 1 is 1.00 bits per heavy atom. The van der Waals surface area contributed by atoms with Crippen LogP contribution in [-0.4, -0.2) is 59.5 Å². The summed E-state index contributed by atoms with van der Waals surface area (Å²) in [6.07, 6.45) is 7.52. The molecule has 2 aliphatic rings. The van der Waals surface area contributed by atoms with Crippen molar-refractivity contribution in [1.82, 2.24) is 9.80 Å². The topological polar surface area (TPSA) is 60.9 Å². The molecule has 1 aliphatic heterocycles. The predicted molar refractivity (Wildman–Crippen MR) is 102 cm³/mol. The van der Waals surface area contributed by atoms with Crippen LogP contribution in [0.2, 0.25) is 0 Å². The molecule has 1 amide bonds. The van der Waals surface area contributed by atoms with Crippen molar-refractivity contribution < 1.29 is 14.7 Å². The molecular weight excluding hydrogens is 328 g/mol. The van der Waals surface area contributed by atoms with Gasteiger partial charge in [0.1, 0.15) is 0 Å². The molecule has 2 fully saturated rings. The Labute approximate surface area is 155 Å². The first-order valence-electron chi connectivity index (χ1n) is 9.60. The molecule has 0 radical (unpaired) electrons. The number of carboxylic acids is 1. The van der Waals surface area contributed by atoms with E-state index in [-0.39, 0.29) is 11.8 Å². The van der Waals surface area contributed by atoms with Crippen LogP contribution in [-0.2, 0) is 9.59 Å². The number of carbonyl (C=O) groups is 2. The number of carboxylic acid groups (broad SMARTS) is 1. The summed E-state index contributed by atoms with van der Waals surface area (Å²) in [6.45, 7) is 3.95. The predicted octanol–water partition coefficient (Wildman–Crippen LogP) is 2.74. The number of aliphatic carboxylic acids is 1. The molecule has 1 saturated carbocycles. The van der Waals surface area contributed by atoms with E-state index < -0.39 is 11.9 Å². The zero-order valence-corrected chi connectivity index (χ0v) is 15.2. The summed E-state index contributed by atoms with van der Waals surface area (Å²) in [5.41, 5.74) is 1.19. The van der Waals surface area contributed by atoms with Gasteiger partial charge in [0.25, 0.3) is 0 Å². The summed E-state index contributed by atoms with van der Waals surface area (Å²) in [4.78, 5) is 28.5. The van der Waals surface area contributed by atoms with E-state index in [2.05, 4.69) is 29.2 Å². The van der Waals surface area contributed by atoms with Gasteiger partial charge in [0, 0.05) is 32.7 Å². The van der Waals surface area contributed by atoms with Gasteiger partial charge < -0.3 is 10.0 Å². The van der Waals surface area contributed by atoms with Crippen LogP contribution >= 0.6 is 0 Å². The van der Waals surface area contributed by atoms with Crippen molar-refractivity contribution >= 4 is 18.0 Å². The Hall–Kier alpha value is -2.14. The highest BCUT2D eigenvalue weighted by Crippen LogP contribution is 2.32. The normalized spacial score (nSPS) is 24.7. The van der Waals surface area contributed by atoms with E-state index in [1.807, 2.05) is 23.1 Å². The highest BCUT2D eigenvalue weighted by Gasteiger charge is 2.38. The molecule has 3 rings (SSSR count). The van der Waals surface area contributed by atoms with Gasteiger partial charge in [0.05, 0.1) is 11.8 Å². The van der Waals surface area contributed by atoms with Gasteiger partial charge >= 0.3 is 5.97 Å². The molecule has 0 bridgehead atoms. The van der Waals surface area contributed by atoms with E-state index in [1.54, 1.807) is 0 Å². The van der Waals surface area contributed by atoms with Crippen LogP contribution in [0, 0.1) is 11.8 Å². The SMILES string of the molecule is O=C(O)[C@H]1CCCC[C@H]1C(=O)N1CCN(C/C=C/c2ccccc2)CC1. The van der Waals surface area contributed by atoms with Crippen LogP contribution in [0.5, 0.6) is 0 Å². The molecule has 0 spiro atoms. The van der Waals surface area contributed by atoms with E-state index in [9.17, 15) is 14.7 Å². The molecule has 0 unspecified atom stereocenters. The van der Waals surface area contributed by atoms with Crippen LogP contribution in [0.1, 0.15) is 31.2 Å². The van der Waals surface area contributed by atoms with Crippen LogP contribution in [0.4, 0.5) is 0 Å². The zero-order chi connectivity index (χ0) is 18.4. The number of rotatable bonds is 5. The van der Waals surface area contributed by atoms with Crippen molar-refractivity contribution in [1.29, 1.82) is 0 Å². The maximum Gasteiger partial charge on any atom is 0.307 e. The smallest absolute Gasteiger partial charge is 0.307 e. The Kier molecular flexibility index (Phi) is 6.45. The summed E-state index contributed by atoms with van der Waals surface area (Å²) in [7, 11) is 0. The highest BCUT2D eigenvalue weighted by atomic mass is 16.4. The zero-order valence-electron chi connectivity index (χ0n) is 15.2. The highest BCUT2D eigenvalue weighted by molar-refractivity contribution is 5.85. The molecule has 26 heavy (non-hydrogen) atoms. The summed E-state index contributed by atoms with van der Waals surface area (Å²) < 4.78 is 0. The van der Waals surface area contributed by atoms with E-state index >= 15 is 0 Å². The summed E-state index contributed by atoms with van der Waals surface area (Å²) in [5.74, 6) is -1.59. The van der Waals surface area contributed by atoms with Gasteiger partial charge in [-0.1, -0.05) is 55.3 Å². The number of benzene rings is 1. The van der Waals surface area contributed by atoms with Crippen molar-refractivity contribution in [2.45, 2.75) is 25.7 Å². The van der Waals surface area contributed by atoms with Crippen LogP contribution < -0.4 is 0 Å². The van der Waals surface area contributed by atoms with Crippen LogP contribution in [0.15, 0.2) is 36.4 Å². The minimum Gasteiger partial charge on any atom is -0.481 e. The minimum atomic E-state index is -0.812. The Balaban J connectivity index is 1.47. The summed E-state index contributed by atoms with van der Waals surface area (Å²) in [6, 6.07) is 10.2. The van der Waals surface area contributed by atoms with Crippen LogP contribution in [0.25, 0.3) is 6.08 Å². The first kappa shape index (κ1) is 18.6. The molecule has 5 heteroatoms. The van der Waals surface area contributed by atoms with Gasteiger partial charge in [-0.15, -0.1) is 0 Å². The molecular formula is C21H28N2O3. The molecule has 5 nitrogen and oxygen atoms in total. The Morgan fingerprint density at radius 3 is 2.31 bits per heavy atom. The largest absolute Gasteiger partial charge is 0.481 e. The van der Waals surface area contributed by atoms with Crippen molar-refractivity contribution in [2.24, 2.45) is 11.8 Å². The van der Waals surface area contributed by atoms with Gasteiger partial charge in [-0.3, -0.25) is 14.5 Å². The maximum atomic E-state index is 12.8. The lowest BCUT2D eigenvalue weighted by molar-refractivity contribution is -0.153. The third-order valence-electron chi connectivity index (χ3n) is 5.56. The number of carbonyl (C=O) groups excluding carboxylic acids is 1. The van der Waals surface area contributed by atoms with E-state index in [0.29, 0.717) is 19.5 Å². The quantitative estimate of drug-likeness (QED) is 0.881. The molecule has 140 valence electrons. The van der Waals surface area contributed by atoms with E-state index in [4.69, 9.17) is 0 Å². The fourth-order valence-electron chi connectivity index (χ4n) is 4.01. The summed E-state index contributed by atoms with van der Waals surface area (Å²) >= 11 is 0. The molecule has 1 aliphatic carbocycles. The van der Waals surface area contributed by atoms with Crippen molar-refractivity contribution in [2.75, 3.05) is 32.7 Å². The average Bonchev–Trinajstić information content (AvgIpc) is 2.69. The molecule has 1 heterocycles. The van der Waals surface area contributed by atoms with Crippen molar-refractivity contribution in [3.63, 3.8) is 0 Å². The van der Waals surface area contributed by atoms with Gasteiger partial charge in [-0.2, -0.15) is 0 Å². The first-order valence-corrected chi connectivity index (χ1v) is 9.60. The second-order valence-electron chi connectivity index (χ2n) is 7.27. The number of hydrogen-bond acceptors (Lipinski definition) is 3. The average molecular weight is 356 g/mol. The van der Waals surface area contributed by atoms with Gasteiger partial charge in [0.2, 0.25) is 5.91 Å². The molecule has 1 saturated heterocycles. The Morgan fingerprint density at radius 2 is 1.65 bits per heavy atom. The number of hydrogen-bond donors (Lipinski definition) is 1. The van der Waals surface area contributed by atoms with Crippen LogP contribution in [0.3, 0.4) is 0 Å². The molecule has 1 aromatic rings. The van der Waals surface area contributed by atoms with Gasteiger partial charge in [-0.25, -0.2) is 0 Å². The second-order valence-corrected chi connectivity index (χ2v) is 7.27. The molecule has 2 atom stereocenters. The lowest BCUT2D eigenvalue weighted by Gasteiger charge is -2.38. The van der Waals surface area contributed by atoms with Gasteiger partial charge in [0.15, 0.2) is 0 Å². The Bertz CT molecular complexity index is 636. The number of nitrogens with zero attached hydrogens (tertiary/aromatic N) is 2. The summed E-state index contributed by atoms with van der Waals surface area (Å²) in [5, 5.41) is 9.40. The van der Waals surface area contributed by atoms with Gasteiger partial charge in [-0.05, 0) is 18.4 Å². The van der Waals surface area contributed by atoms with E-state index in [0.717, 1.165) is 38.9 Å².